The zero-order chi connectivity index (χ0) is 10.9. The molecule has 0 radical (unpaired) electrons. The molecular formula is C8H9F2NO3. The maximum atomic E-state index is 13.1. The average molecular weight is 205 g/mol. The Hall–Kier alpha value is -1.72. The molecule has 0 spiro atoms. The van der Waals surface area contributed by atoms with Gasteiger partial charge in [-0.3, -0.25) is 0 Å². The van der Waals surface area contributed by atoms with E-state index in [1.807, 2.05) is 0 Å². The molecule has 0 heterocycles. The second-order valence-electron chi connectivity index (χ2n) is 2.46. The topological polar surface area (TPSA) is 64.7 Å². The predicted molar refractivity (Wildman–Crippen MR) is 45.5 cm³/mol. The van der Waals surface area contributed by atoms with Gasteiger partial charge < -0.3 is 20.3 Å². The Bertz CT molecular complexity index is 333. The smallest absolute Gasteiger partial charge is 0.208 e. The third-order valence-corrected chi connectivity index (χ3v) is 1.71. The highest BCUT2D eigenvalue weighted by Crippen LogP contribution is 2.44. The fourth-order valence-electron chi connectivity index (χ4n) is 1.02. The highest BCUT2D eigenvalue weighted by Gasteiger charge is 2.24. The number of phenolic OH excluding ortho intramolecular Hbond substituents is 1. The van der Waals surface area contributed by atoms with E-state index in [1.165, 1.54) is 7.11 Å². The molecule has 1 aromatic rings. The van der Waals surface area contributed by atoms with E-state index in [9.17, 15) is 13.9 Å². The van der Waals surface area contributed by atoms with Gasteiger partial charge in [0.05, 0.1) is 14.2 Å². The summed E-state index contributed by atoms with van der Waals surface area (Å²) in [5.74, 6) is -4.18. The van der Waals surface area contributed by atoms with Crippen molar-refractivity contribution >= 4 is 5.69 Å². The third-order valence-electron chi connectivity index (χ3n) is 1.71. The van der Waals surface area contributed by atoms with Gasteiger partial charge in [0, 0.05) is 0 Å². The predicted octanol–water partition coefficient (Wildman–Crippen LogP) is 1.27. The quantitative estimate of drug-likeness (QED) is 0.563. The van der Waals surface area contributed by atoms with Gasteiger partial charge in [-0.2, -0.15) is 4.39 Å². The molecule has 1 rings (SSSR count). The zero-order valence-electron chi connectivity index (χ0n) is 7.60. The Kier molecular flexibility index (Phi) is 2.64. The van der Waals surface area contributed by atoms with Crippen LogP contribution in [-0.2, 0) is 0 Å². The number of ether oxygens (including phenoxy) is 2. The van der Waals surface area contributed by atoms with E-state index in [2.05, 4.69) is 9.47 Å². The van der Waals surface area contributed by atoms with Gasteiger partial charge in [-0.15, -0.1) is 0 Å². The minimum Gasteiger partial charge on any atom is -0.503 e. The largest absolute Gasteiger partial charge is 0.503 e. The van der Waals surface area contributed by atoms with E-state index in [0.717, 1.165) is 7.11 Å². The highest BCUT2D eigenvalue weighted by molar-refractivity contribution is 5.66. The molecule has 6 heteroatoms. The van der Waals surface area contributed by atoms with E-state index in [0.29, 0.717) is 0 Å². The van der Waals surface area contributed by atoms with E-state index in [4.69, 9.17) is 5.73 Å². The maximum Gasteiger partial charge on any atom is 0.208 e. The van der Waals surface area contributed by atoms with Gasteiger partial charge >= 0.3 is 0 Å². The van der Waals surface area contributed by atoms with Gasteiger partial charge in [-0.05, 0) is 0 Å². The van der Waals surface area contributed by atoms with Crippen molar-refractivity contribution in [1.82, 2.24) is 0 Å². The lowest BCUT2D eigenvalue weighted by atomic mass is 10.2. The van der Waals surface area contributed by atoms with Crippen LogP contribution in [0.15, 0.2) is 0 Å². The maximum absolute atomic E-state index is 13.1. The number of benzene rings is 1. The van der Waals surface area contributed by atoms with Crippen molar-refractivity contribution in [2.24, 2.45) is 0 Å². The van der Waals surface area contributed by atoms with Crippen molar-refractivity contribution in [3.05, 3.63) is 11.6 Å². The first kappa shape index (κ1) is 10.4. The van der Waals surface area contributed by atoms with Crippen molar-refractivity contribution < 1.29 is 23.4 Å². The molecule has 78 valence electrons. The molecule has 14 heavy (non-hydrogen) atoms. The molecule has 0 aliphatic heterocycles. The lowest BCUT2D eigenvalue weighted by molar-refractivity contribution is 0.312. The number of aromatic hydroxyl groups is 1. The van der Waals surface area contributed by atoms with Crippen LogP contribution in [0.1, 0.15) is 0 Å². The lowest BCUT2D eigenvalue weighted by Crippen LogP contribution is -2.02. The number of hydrogen-bond acceptors (Lipinski definition) is 4. The SMILES string of the molecule is COc1c(O)c(N)c(F)c(F)c1OC. The molecule has 0 saturated heterocycles. The molecule has 0 atom stereocenters. The molecular weight excluding hydrogens is 196 g/mol. The highest BCUT2D eigenvalue weighted by atomic mass is 19.2. The van der Waals surface area contributed by atoms with Gasteiger partial charge in [0.25, 0.3) is 0 Å². The summed E-state index contributed by atoms with van der Waals surface area (Å²) in [5.41, 5.74) is 4.37. The first-order chi connectivity index (χ1) is 6.54. The molecule has 0 aliphatic rings. The molecule has 0 saturated carbocycles. The van der Waals surface area contributed by atoms with Crippen LogP contribution in [0.4, 0.5) is 14.5 Å². The molecule has 0 aliphatic carbocycles. The fourth-order valence-corrected chi connectivity index (χ4v) is 1.02. The summed E-state index contributed by atoms with van der Waals surface area (Å²) < 4.78 is 35.2. The Morgan fingerprint density at radius 3 is 2.00 bits per heavy atom. The van der Waals surface area contributed by atoms with Crippen molar-refractivity contribution in [2.45, 2.75) is 0 Å². The Morgan fingerprint density at radius 2 is 1.57 bits per heavy atom. The van der Waals surface area contributed by atoms with E-state index >= 15 is 0 Å². The second kappa shape index (κ2) is 3.57. The van der Waals surface area contributed by atoms with Crippen LogP contribution in [0.5, 0.6) is 17.2 Å². The number of anilines is 1. The lowest BCUT2D eigenvalue weighted by Gasteiger charge is -2.12. The summed E-state index contributed by atoms with van der Waals surface area (Å²) in [4.78, 5) is 0. The van der Waals surface area contributed by atoms with Gasteiger partial charge in [0.2, 0.25) is 17.3 Å². The van der Waals surface area contributed by atoms with Crippen molar-refractivity contribution in [3.8, 4) is 17.2 Å². The zero-order valence-corrected chi connectivity index (χ0v) is 7.60. The molecule has 4 nitrogen and oxygen atoms in total. The second-order valence-corrected chi connectivity index (χ2v) is 2.46. The average Bonchev–Trinajstić information content (AvgIpc) is 2.20. The van der Waals surface area contributed by atoms with Crippen molar-refractivity contribution in [2.75, 3.05) is 20.0 Å². The molecule has 3 N–H and O–H groups in total. The van der Waals surface area contributed by atoms with E-state index in [1.54, 1.807) is 0 Å². The molecule has 0 amide bonds. The molecule has 1 aromatic carbocycles. The summed E-state index contributed by atoms with van der Waals surface area (Å²) in [5, 5.41) is 9.28. The number of nitrogen functional groups attached to an aromatic ring is 1. The van der Waals surface area contributed by atoms with Crippen molar-refractivity contribution in [1.29, 1.82) is 0 Å². The van der Waals surface area contributed by atoms with E-state index < -0.39 is 28.8 Å². The third kappa shape index (κ3) is 1.28. The van der Waals surface area contributed by atoms with Crippen LogP contribution >= 0.6 is 0 Å². The monoisotopic (exact) mass is 205 g/mol. The molecule has 0 aromatic heterocycles. The molecule has 0 unspecified atom stereocenters. The Morgan fingerprint density at radius 1 is 1.07 bits per heavy atom. The van der Waals surface area contributed by atoms with E-state index in [-0.39, 0.29) is 5.75 Å². The molecule has 0 fully saturated rings. The number of rotatable bonds is 2. The molecule has 0 bridgehead atoms. The number of phenols is 1. The van der Waals surface area contributed by atoms with Crippen LogP contribution in [0.2, 0.25) is 0 Å². The first-order valence-electron chi connectivity index (χ1n) is 3.61. The Labute approximate surface area is 78.9 Å². The number of halogens is 2. The van der Waals surface area contributed by atoms with Gasteiger partial charge in [-0.1, -0.05) is 0 Å². The standard InChI is InChI=1S/C8H9F2NO3/c1-13-7-4(10)3(9)5(11)6(12)8(7)14-2/h12H,11H2,1-2H3. The number of hydrogen-bond donors (Lipinski definition) is 2. The van der Waals surface area contributed by atoms with Crippen LogP contribution < -0.4 is 15.2 Å². The van der Waals surface area contributed by atoms with Crippen LogP contribution in [0, 0.1) is 11.6 Å². The fraction of sp³-hybridized carbons (Fsp3) is 0.250. The van der Waals surface area contributed by atoms with Crippen LogP contribution in [0.25, 0.3) is 0 Å². The van der Waals surface area contributed by atoms with Gasteiger partial charge in [-0.25, -0.2) is 4.39 Å². The van der Waals surface area contributed by atoms with Gasteiger partial charge in [0.1, 0.15) is 5.69 Å². The minimum absolute atomic E-state index is 0.330. The normalized spacial score (nSPS) is 10.0. The number of methoxy groups -OCH3 is 2. The van der Waals surface area contributed by atoms with Crippen LogP contribution in [0.3, 0.4) is 0 Å². The Balaban J connectivity index is 3.57. The number of nitrogens with two attached hydrogens (primary N) is 1. The summed E-state index contributed by atoms with van der Waals surface area (Å²) in [6.45, 7) is 0. The summed E-state index contributed by atoms with van der Waals surface area (Å²) in [7, 11) is 2.30. The summed E-state index contributed by atoms with van der Waals surface area (Å²) in [6, 6.07) is 0. The van der Waals surface area contributed by atoms with Crippen LogP contribution in [-0.4, -0.2) is 19.3 Å². The van der Waals surface area contributed by atoms with Gasteiger partial charge in [0.15, 0.2) is 11.6 Å². The first-order valence-corrected chi connectivity index (χ1v) is 3.61. The summed E-state index contributed by atoms with van der Waals surface area (Å²) in [6.07, 6.45) is 0. The minimum atomic E-state index is -1.36. The summed E-state index contributed by atoms with van der Waals surface area (Å²) >= 11 is 0. The van der Waals surface area contributed by atoms with Crippen molar-refractivity contribution in [3.63, 3.8) is 0 Å².